The van der Waals surface area contributed by atoms with Crippen molar-refractivity contribution in [3.05, 3.63) is 6.90 Å². The van der Waals surface area contributed by atoms with Crippen molar-refractivity contribution < 1.29 is 1.37 Å². The average molecular weight is 58.1 g/mol. The highest BCUT2D eigenvalue weighted by atomic mass is 13.6. The van der Waals surface area contributed by atoms with E-state index in [-0.39, 0.29) is 0 Å². The van der Waals surface area contributed by atoms with E-state index in [9.17, 15) is 0 Å². The molecule has 0 aliphatic heterocycles. The van der Waals surface area contributed by atoms with Crippen LogP contribution in [0, 0.1) is 6.90 Å². The fraction of sp³-hybridized carbons (Fsp3) is 0.750. The highest BCUT2D eigenvalue weighted by Gasteiger charge is 1.56. The Morgan fingerprint density at radius 3 is 3.00 bits per heavy atom. The minimum atomic E-state index is 0.931. The van der Waals surface area contributed by atoms with Crippen LogP contribution in [0.25, 0.3) is 0 Å². The lowest BCUT2D eigenvalue weighted by Crippen LogP contribution is -1.48. The zero-order valence-electron chi connectivity index (χ0n) is 3.99. The molecule has 0 fully saturated rings. The Morgan fingerprint density at radius 1 is 2.25 bits per heavy atom. The summed E-state index contributed by atoms with van der Waals surface area (Å²) in [5.41, 5.74) is 0. The second-order valence-corrected chi connectivity index (χ2v) is 0.789. The van der Waals surface area contributed by atoms with Crippen molar-refractivity contribution in [3.63, 3.8) is 0 Å². The van der Waals surface area contributed by atoms with E-state index in [4.69, 9.17) is 1.37 Å². The van der Waals surface area contributed by atoms with Gasteiger partial charge >= 0.3 is 0 Å². The zero-order chi connectivity index (χ0) is 4.12. The predicted molar refractivity (Wildman–Crippen MR) is 20.3 cm³/mol. The van der Waals surface area contributed by atoms with Crippen LogP contribution in [0.3, 0.4) is 0 Å². The molecule has 0 aromatic heterocycles. The first-order chi connectivity index (χ1) is 2.41. The van der Waals surface area contributed by atoms with Crippen LogP contribution in [0.15, 0.2) is 0 Å². The standard InChI is InChI=1S/C4H9/c1-3-4-2/h1,3-4H2,2H3/i1D. The summed E-state index contributed by atoms with van der Waals surface area (Å²) < 4.78 is 6.48. The SMILES string of the molecule is [2H][CH]CCC. The topological polar surface area (TPSA) is 0 Å². The highest BCUT2D eigenvalue weighted by Crippen LogP contribution is 1.75. The van der Waals surface area contributed by atoms with E-state index in [1.165, 1.54) is 6.90 Å². The summed E-state index contributed by atoms with van der Waals surface area (Å²) >= 11 is 0. The third kappa shape index (κ3) is 2.00. The maximum absolute atomic E-state index is 6.48. The van der Waals surface area contributed by atoms with Crippen LogP contribution in [-0.4, -0.2) is 0 Å². The van der Waals surface area contributed by atoms with E-state index in [0.29, 0.717) is 0 Å². The van der Waals surface area contributed by atoms with Gasteiger partial charge in [-0.2, -0.15) is 0 Å². The van der Waals surface area contributed by atoms with Crippen LogP contribution in [0.2, 0.25) is 0 Å². The summed E-state index contributed by atoms with van der Waals surface area (Å²) in [6, 6.07) is 0. The van der Waals surface area contributed by atoms with Gasteiger partial charge in [0.2, 0.25) is 0 Å². The number of unbranched alkanes of at least 4 members (excludes halogenated alkanes) is 1. The molecule has 0 aromatic rings. The molecule has 0 bridgehead atoms. The van der Waals surface area contributed by atoms with Crippen LogP contribution in [0.4, 0.5) is 0 Å². The Morgan fingerprint density at radius 2 is 3.00 bits per heavy atom. The van der Waals surface area contributed by atoms with Crippen molar-refractivity contribution >= 4 is 0 Å². The van der Waals surface area contributed by atoms with Crippen LogP contribution in [0.1, 0.15) is 21.1 Å². The summed E-state index contributed by atoms with van der Waals surface area (Å²) in [6.07, 6.45) is 2.03. The molecule has 0 aliphatic rings. The van der Waals surface area contributed by atoms with Crippen LogP contribution < -0.4 is 0 Å². The molecule has 0 rings (SSSR count). The molecule has 4 heavy (non-hydrogen) atoms. The fourth-order valence-electron chi connectivity index (χ4n) is 0. The van der Waals surface area contributed by atoms with Crippen LogP contribution in [0.5, 0.6) is 0 Å². The quantitative estimate of drug-likeness (QED) is 0.452. The van der Waals surface area contributed by atoms with Crippen molar-refractivity contribution in [2.24, 2.45) is 0 Å². The molecule has 0 nitrogen and oxygen atoms in total. The van der Waals surface area contributed by atoms with E-state index in [1.54, 1.807) is 0 Å². The largest absolute Gasteiger partial charge is 0.0654 e. The maximum atomic E-state index is 6.48. The Balaban J connectivity index is 2.19. The highest BCUT2D eigenvalue weighted by molar-refractivity contribution is 4.29. The van der Waals surface area contributed by atoms with Crippen LogP contribution >= 0.6 is 0 Å². The third-order valence-electron chi connectivity index (χ3n) is 0.289. The number of rotatable bonds is 2. The molecule has 25 valence electrons. The van der Waals surface area contributed by atoms with Gasteiger partial charge in [-0.25, -0.2) is 0 Å². The van der Waals surface area contributed by atoms with E-state index in [0.717, 1.165) is 12.8 Å². The Bertz CT molecular complexity index is 11.1. The second kappa shape index (κ2) is 3.00. The molecule has 0 aromatic carbocycles. The third-order valence-corrected chi connectivity index (χ3v) is 0.289. The lowest BCUT2D eigenvalue weighted by molar-refractivity contribution is 0.956. The van der Waals surface area contributed by atoms with Gasteiger partial charge in [-0.1, -0.05) is 26.7 Å². The molecule has 0 N–H and O–H groups in total. The van der Waals surface area contributed by atoms with Gasteiger partial charge in [0.05, 0.1) is 0 Å². The molecule has 0 amide bonds. The zero-order valence-corrected chi connectivity index (χ0v) is 2.99. The molecule has 1 radical (unpaired) electrons. The first-order valence-corrected chi connectivity index (χ1v) is 1.62. The molecular weight excluding hydrogens is 48.0 g/mol. The summed E-state index contributed by atoms with van der Waals surface area (Å²) in [7, 11) is 0. The van der Waals surface area contributed by atoms with Crippen molar-refractivity contribution in [2.75, 3.05) is 0 Å². The monoisotopic (exact) mass is 58.1 g/mol. The molecule has 0 unspecified atom stereocenters. The number of hydrogen-bond acceptors (Lipinski definition) is 0. The van der Waals surface area contributed by atoms with E-state index >= 15 is 0 Å². The molecule has 0 spiro atoms. The summed E-state index contributed by atoms with van der Waals surface area (Å²) in [4.78, 5) is 0. The molecule has 0 saturated heterocycles. The first-order valence-electron chi connectivity index (χ1n) is 2.19. The number of hydrogen-bond donors (Lipinski definition) is 0. The summed E-state index contributed by atoms with van der Waals surface area (Å²) in [5, 5.41) is 0. The summed E-state index contributed by atoms with van der Waals surface area (Å²) in [5.74, 6) is 0. The second-order valence-electron chi connectivity index (χ2n) is 0.789. The predicted octanol–water partition coefficient (Wildman–Crippen LogP) is 1.62. The molecule has 0 aliphatic carbocycles. The maximum Gasteiger partial charge on any atom is 0.0267 e. The van der Waals surface area contributed by atoms with Gasteiger partial charge in [-0.15, -0.1) is 0 Å². The molecule has 0 atom stereocenters. The van der Waals surface area contributed by atoms with Crippen molar-refractivity contribution in [1.82, 2.24) is 0 Å². The lowest BCUT2D eigenvalue weighted by Gasteiger charge is -1.67. The van der Waals surface area contributed by atoms with Gasteiger partial charge in [0.1, 0.15) is 0 Å². The normalized spacial score (nSPS) is 10.8. The molecular formula is C4H9. The molecule has 0 saturated carbocycles. The van der Waals surface area contributed by atoms with Crippen molar-refractivity contribution in [3.8, 4) is 0 Å². The molecule has 0 heterocycles. The van der Waals surface area contributed by atoms with Gasteiger partial charge in [-0.3, -0.25) is 0 Å². The minimum Gasteiger partial charge on any atom is -0.0654 e. The smallest absolute Gasteiger partial charge is 0.0267 e. The van der Waals surface area contributed by atoms with Gasteiger partial charge in [-0.05, 0) is 0 Å². The van der Waals surface area contributed by atoms with Crippen molar-refractivity contribution in [1.29, 1.82) is 0 Å². The van der Waals surface area contributed by atoms with E-state index in [2.05, 4.69) is 6.92 Å². The van der Waals surface area contributed by atoms with Gasteiger partial charge in [0, 0.05) is 1.37 Å². The Hall–Kier alpha value is 0. The Kier molecular flexibility index (Phi) is 1.69. The fourth-order valence-corrected chi connectivity index (χ4v) is 0. The Labute approximate surface area is 29.2 Å². The van der Waals surface area contributed by atoms with E-state index < -0.39 is 0 Å². The lowest BCUT2D eigenvalue weighted by atomic mass is 10.4. The van der Waals surface area contributed by atoms with Gasteiger partial charge in [0.15, 0.2) is 0 Å². The minimum absolute atomic E-state index is 0.931. The van der Waals surface area contributed by atoms with E-state index in [1.807, 2.05) is 0 Å². The van der Waals surface area contributed by atoms with Gasteiger partial charge < -0.3 is 0 Å². The van der Waals surface area contributed by atoms with Crippen molar-refractivity contribution in [2.45, 2.75) is 19.8 Å². The van der Waals surface area contributed by atoms with Crippen LogP contribution in [-0.2, 0) is 0 Å². The average Bonchev–Trinajstić information content (AvgIpc) is 1.41. The van der Waals surface area contributed by atoms with Gasteiger partial charge in [0.25, 0.3) is 0 Å². The summed E-state index contributed by atoms with van der Waals surface area (Å²) in [6.45, 7) is 3.49. The molecule has 0 heteroatoms. The first kappa shape index (κ1) is 2.25.